The van der Waals surface area contributed by atoms with Crippen molar-refractivity contribution in [3.63, 3.8) is 0 Å². The van der Waals surface area contributed by atoms with Gasteiger partial charge in [-0.25, -0.2) is 4.79 Å². The van der Waals surface area contributed by atoms with Crippen LogP contribution < -0.4 is 19.7 Å². The van der Waals surface area contributed by atoms with Crippen molar-refractivity contribution in [2.45, 2.75) is 19.4 Å². The van der Waals surface area contributed by atoms with Crippen LogP contribution in [0.15, 0.2) is 47.2 Å². The number of nitrogens with zero attached hydrogens (tertiary/aromatic N) is 3. The zero-order chi connectivity index (χ0) is 23.7. The molecule has 3 amide bonds. The summed E-state index contributed by atoms with van der Waals surface area (Å²) < 4.78 is 11.0. The van der Waals surface area contributed by atoms with Gasteiger partial charge < -0.3 is 24.8 Å². The highest BCUT2D eigenvalue weighted by Gasteiger charge is 2.29. The molecule has 0 radical (unpaired) electrons. The lowest BCUT2D eigenvalue weighted by Gasteiger charge is -2.19. The highest BCUT2D eigenvalue weighted by molar-refractivity contribution is 6.16. The number of fused-ring (bicyclic) bond motifs is 1. The molecule has 0 unspecified atom stereocenters. The number of β-amino-alcohol motifs (C(OH)–C–C–N with tert-alkyl or cyclic N) is 1. The molecule has 0 saturated carbocycles. The molecule has 4 rings (SSSR count). The van der Waals surface area contributed by atoms with Crippen LogP contribution in [0.5, 0.6) is 11.5 Å². The van der Waals surface area contributed by atoms with Crippen LogP contribution in [-0.2, 0) is 4.79 Å². The average Bonchev–Trinajstić information content (AvgIpc) is 3.09. The number of nitrogens with one attached hydrogen (secondary N) is 1. The SMILES string of the molecule is CNC(=O)N1N=C(c2ccc(N3C[C@@H](O)CC3=O)cc2)c2cc(OC)c(OC)cc2C=C1C. The minimum absolute atomic E-state index is 0.116. The number of urea groups is 1. The first-order chi connectivity index (χ1) is 15.9. The van der Waals surface area contributed by atoms with E-state index in [1.807, 2.05) is 42.5 Å². The number of carbonyl (C=O) groups is 2. The van der Waals surface area contributed by atoms with Crippen LogP contribution in [0, 0.1) is 0 Å². The third-order valence-electron chi connectivity index (χ3n) is 5.67. The first-order valence-corrected chi connectivity index (χ1v) is 10.5. The maximum absolute atomic E-state index is 12.5. The maximum Gasteiger partial charge on any atom is 0.342 e. The Labute approximate surface area is 191 Å². The molecule has 1 fully saturated rings. The van der Waals surface area contributed by atoms with Crippen molar-refractivity contribution in [1.82, 2.24) is 10.3 Å². The van der Waals surface area contributed by atoms with E-state index in [2.05, 4.69) is 10.4 Å². The summed E-state index contributed by atoms with van der Waals surface area (Å²) in [6, 6.07) is 10.6. The number of amides is 3. The average molecular weight is 450 g/mol. The fraction of sp³-hybridized carbons (Fsp3) is 0.292. The summed E-state index contributed by atoms with van der Waals surface area (Å²) in [6.07, 6.45) is 1.32. The van der Waals surface area contributed by atoms with Crippen LogP contribution in [0.25, 0.3) is 6.08 Å². The summed E-state index contributed by atoms with van der Waals surface area (Å²) in [5.74, 6) is 0.987. The van der Waals surface area contributed by atoms with Crippen LogP contribution in [0.1, 0.15) is 30.0 Å². The van der Waals surface area contributed by atoms with Crippen molar-refractivity contribution < 1.29 is 24.2 Å². The zero-order valence-corrected chi connectivity index (χ0v) is 19.0. The number of hydrazone groups is 1. The fourth-order valence-corrected chi connectivity index (χ4v) is 4.00. The molecular formula is C24H26N4O5. The van der Waals surface area contributed by atoms with Gasteiger partial charge in [-0.1, -0.05) is 12.1 Å². The van der Waals surface area contributed by atoms with Gasteiger partial charge in [-0.3, -0.25) is 4.79 Å². The molecule has 2 aliphatic heterocycles. The molecule has 9 nitrogen and oxygen atoms in total. The zero-order valence-electron chi connectivity index (χ0n) is 19.0. The summed E-state index contributed by atoms with van der Waals surface area (Å²) >= 11 is 0. The van der Waals surface area contributed by atoms with Crippen molar-refractivity contribution in [2.75, 3.05) is 32.7 Å². The monoisotopic (exact) mass is 450 g/mol. The lowest BCUT2D eigenvalue weighted by atomic mass is 9.96. The van der Waals surface area contributed by atoms with E-state index < -0.39 is 6.10 Å². The quantitative estimate of drug-likeness (QED) is 0.745. The second kappa shape index (κ2) is 8.95. The second-order valence-electron chi connectivity index (χ2n) is 7.80. The molecular weight excluding hydrogens is 424 g/mol. The van der Waals surface area contributed by atoms with Gasteiger partial charge in [-0.05, 0) is 42.8 Å². The number of anilines is 1. The highest BCUT2D eigenvalue weighted by Crippen LogP contribution is 2.35. The van der Waals surface area contributed by atoms with E-state index in [1.165, 1.54) is 5.01 Å². The van der Waals surface area contributed by atoms with Crippen LogP contribution in [0.2, 0.25) is 0 Å². The minimum Gasteiger partial charge on any atom is -0.493 e. The van der Waals surface area contributed by atoms with Gasteiger partial charge in [-0.15, -0.1) is 0 Å². The van der Waals surface area contributed by atoms with Gasteiger partial charge in [0, 0.05) is 29.6 Å². The van der Waals surface area contributed by atoms with E-state index in [0.717, 1.165) is 16.7 Å². The van der Waals surface area contributed by atoms with E-state index in [-0.39, 0.29) is 24.9 Å². The molecule has 2 aliphatic rings. The van der Waals surface area contributed by atoms with Gasteiger partial charge in [0.1, 0.15) is 0 Å². The molecule has 1 saturated heterocycles. The number of allylic oxidation sites excluding steroid dienone is 1. The number of hydrogen-bond donors (Lipinski definition) is 2. The molecule has 0 bridgehead atoms. The number of hydrogen-bond acceptors (Lipinski definition) is 6. The summed E-state index contributed by atoms with van der Waals surface area (Å²) in [7, 11) is 4.68. The molecule has 9 heteroatoms. The van der Waals surface area contributed by atoms with Crippen LogP contribution in [-0.4, -0.2) is 61.7 Å². The molecule has 1 atom stereocenters. The Balaban J connectivity index is 1.83. The highest BCUT2D eigenvalue weighted by atomic mass is 16.5. The first kappa shape index (κ1) is 22.3. The summed E-state index contributed by atoms with van der Waals surface area (Å²) in [5, 5.41) is 18.4. The number of carbonyl (C=O) groups excluding carboxylic acids is 2. The Morgan fingerprint density at radius 3 is 2.39 bits per heavy atom. The van der Waals surface area contributed by atoms with Crippen molar-refractivity contribution in [3.8, 4) is 11.5 Å². The van der Waals surface area contributed by atoms with E-state index in [1.54, 1.807) is 33.1 Å². The standard InChI is InChI=1S/C24H26N4O5/c1-14-9-16-10-20(32-3)21(33-4)12-19(16)23(26-28(14)24(31)25-2)15-5-7-17(8-6-15)27-13-18(29)11-22(27)30/h5-10,12,18,29H,11,13H2,1-4H3,(H,25,31)/t18-/m0/s1. The molecule has 172 valence electrons. The smallest absolute Gasteiger partial charge is 0.342 e. The number of methoxy groups -OCH3 is 2. The first-order valence-electron chi connectivity index (χ1n) is 10.5. The van der Waals surface area contributed by atoms with E-state index in [9.17, 15) is 14.7 Å². The predicted molar refractivity (Wildman–Crippen MR) is 125 cm³/mol. The molecule has 2 heterocycles. The van der Waals surface area contributed by atoms with E-state index >= 15 is 0 Å². The van der Waals surface area contributed by atoms with Gasteiger partial charge in [-0.2, -0.15) is 10.1 Å². The Kier molecular flexibility index (Phi) is 6.06. The third-order valence-corrected chi connectivity index (χ3v) is 5.67. The van der Waals surface area contributed by atoms with Crippen LogP contribution in [0.4, 0.5) is 10.5 Å². The molecule has 2 aromatic rings. The van der Waals surface area contributed by atoms with Crippen molar-refractivity contribution >= 4 is 29.4 Å². The van der Waals surface area contributed by atoms with Crippen LogP contribution >= 0.6 is 0 Å². The normalized spacial score (nSPS) is 17.7. The molecule has 0 aromatic heterocycles. The summed E-state index contributed by atoms with van der Waals surface area (Å²) in [5.41, 5.74) is 4.21. The Hall–Kier alpha value is -3.85. The molecule has 0 spiro atoms. The van der Waals surface area contributed by atoms with Crippen molar-refractivity contribution in [2.24, 2.45) is 5.10 Å². The molecule has 33 heavy (non-hydrogen) atoms. The van der Waals surface area contributed by atoms with Gasteiger partial charge in [0.15, 0.2) is 11.5 Å². The van der Waals surface area contributed by atoms with Crippen LogP contribution in [0.3, 0.4) is 0 Å². The van der Waals surface area contributed by atoms with Crippen molar-refractivity contribution in [3.05, 3.63) is 58.8 Å². The van der Waals surface area contributed by atoms with Gasteiger partial charge >= 0.3 is 6.03 Å². The van der Waals surface area contributed by atoms with Gasteiger partial charge in [0.2, 0.25) is 5.91 Å². The molecule has 2 N–H and O–H groups in total. The topological polar surface area (TPSA) is 104 Å². The largest absolute Gasteiger partial charge is 0.493 e. The number of benzene rings is 2. The van der Waals surface area contributed by atoms with E-state index in [4.69, 9.17) is 9.47 Å². The molecule has 2 aromatic carbocycles. The van der Waals surface area contributed by atoms with E-state index in [0.29, 0.717) is 28.6 Å². The minimum atomic E-state index is -0.659. The number of ether oxygens (including phenoxy) is 2. The lowest BCUT2D eigenvalue weighted by molar-refractivity contribution is -0.117. The van der Waals surface area contributed by atoms with Gasteiger partial charge in [0.25, 0.3) is 0 Å². The Bertz CT molecular complexity index is 1160. The number of aliphatic hydroxyl groups is 1. The van der Waals surface area contributed by atoms with Crippen molar-refractivity contribution in [1.29, 1.82) is 0 Å². The fourth-order valence-electron chi connectivity index (χ4n) is 4.00. The Morgan fingerprint density at radius 2 is 1.82 bits per heavy atom. The Morgan fingerprint density at radius 1 is 1.15 bits per heavy atom. The summed E-state index contributed by atoms with van der Waals surface area (Å²) in [6.45, 7) is 2.07. The summed E-state index contributed by atoms with van der Waals surface area (Å²) in [4.78, 5) is 26.3. The lowest BCUT2D eigenvalue weighted by Crippen LogP contribution is -2.33. The second-order valence-corrected chi connectivity index (χ2v) is 7.80. The maximum atomic E-state index is 12.5. The number of aliphatic hydroxyl groups excluding tert-OH is 1. The van der Waals surface area contributed by atoms with Gasteiger partial charge in [0.05, 0.1) is 39.0 Å². The predicted octanol–water partition coefficient (Wildman–Crippen LogP) is 2.57. The third kappa shape index (κ3) is 4.14. The molecule has 0 aliphatic carbocycles. The number of rotatable bonds is 4.